The van der Waals surface area contributed by atoms with Crippen molar-refractivity contribution < 1.29 is 10.6 Å². The van der Waals surface area contributed by atoms with Gasteiger partial charge in [-0.3, -0.25) is 4.79 Å². The molecule has 2 bridgehead atoms. The van der Waals surface area contributed by atoms with Gasteiger partial charge in [0.1, 0.15) is 11.5 Å². The van der Waals surface area contributed by atoms with Crippen LogP contribution in [0.5, 0.6) is 0 Å². The lowest BCUT2D eigenvalue weighted by Crippen LogP contribution is -2.68. The fourth-order valence-electron chi connectivity index (χ4n) is 3.45. The maximum atomic E-state index is 13.1. The number of rotatable bonds is 2. The normalized spacial score (nSPS) is 27.8. The fraction of sp³-hybridized carbons (Fsp3) is 0.400. The Bertz CT molecular complexity index is 679. The monoisotopic (exact) mass is 260 g/mol. The average molecular weight is 260 g/mol. The number of aromatic amines is 1. The van der Waals surface area contributed by atoms with Crippen molar-refractivity contribution in [1.29, 1.82) is 0 Å². The first-order valence-corrected chi connectivity index (χ1v) is 6.64. The molecule has 0 aliphatic heterocycles. The lowest BCUT2D eigenvalue weighted by atomic mass is 9.49. The van der Waals surface area contributed by atoms with Crippen molar-refractivity contribution in [1.82, 2.24) is 9.88 Å². The molecule has 0 atom stereocenters. The molecule has 0 spiro atoms. The van der Waals surface area contributed by atoms with Crippen LogP contribution < -0.4 is 0 Å². The maximum Gasteiger partial charge on any atom is 0.270 e. The van der Waals surface area contributed by atoms with E-state index in [0.717, 1.165) is 30.6 Å². The van der Waals surface area contributed by atoms with Crippen molar-refractivity contribution in [2.24, 2.45) is 5.92 Å². The molecule has 3 aliphatic rings. The Morgan fingerprint density at radius 2 is 2.16 bits per heavy atom. The zero-order valence-corrected chi connectivity index (χ0v) is 10.7. The molecule has 0 radical (unpaired) electrons. The van der Waals surface area contributed by atoms with E-state index >= 15 is 0 Å². The van der Waals surface area contributed by atoms with Crippen molar-refractivity contribution in [2.75, 3.05) is 7.05 Å². The van der Waals surface area contributed by atoms with E-state index in [9.17, 15) is 9.18 Å². The average Bonchev–Trinajstić information content (AvgIpc) is 2.66. The first-order valence-electron chi connectivity index (χ1n) is 6.64. The lowest BCUT2D eigenvalue weighted by Gasteiger charge is -2.65. The molecular weight excluding hydrogens is 243 g/mol. The molecule has 1 heterocycles. The number of hydrogen-bond donors (Lipinski definition) is 1. The van der Waals surface area contributed by atoms with Crippen molar-refractivity contribution >= 4 is 16.8 Å². The number of carbonyl (C=O) groups is 1. The summed E-state index contributed by atoms with van der Waals surface area (Å²) in [7, 11) is 1.88. The van der Waals surface area contributed by atoms with E-state index in [1.165, 1.54) is 12.1 Å². The zero-order chi connectivity index (χ0) is 13.2. The highest BCUT2D eigenvalue weighted by molar-refractivity contribution is 5.98. The van der Waals surface area contributed by atoms with Crippen LogP contribution in [0.1, 0.15) is 31.2 Å². The minimum Gasteiger partial charge on any atom is -0.350 e. The van der Waals surface area contributed by atoms with Crippen LogP contribution in [-0.2, 0) is 0 Å². The number of fused-ring (bicyclic) bond motifs is 1. The topological polar surface area (TPSA) is 36.1 Å². The SMILES string of the molecule is CN(C(=O)c1cc2ccc(F)cc2[nH]1)C12CC(C1)C2.[HH]. The summed E-state index contributed by atoms with van der Waals surface area (Å²) in [6, 6.07) is 6.33. The largest absolute Gasteiger partial charge is 0.350 e. The lowest BCUT2D eigenvalue weighted by molar-refractivity contribution is -0.114. The van der Waals surface area contributed by atoms with E-state index in [0.29, 0.717) is 11.2 Å². The van der Waals surface area contributed by atoms with Gasteiger partial charge in [0.2, 0.25) is 0 Å². The second-order valence-corrected chi connectivity index (χ2v) is 5.98. The summed E-state index contributed by atoms with van der Waals surface area (Å²) in [4.78, 5) is 17.4. The van der Waals surface area contributed by atoms with Crippen LogP contribution in [0, 0.1) is 11.7 Å². The minimum atomic E-state index is -0.291. The summed E-state index contributed by atoms with van der Waals surface area (Å²) in [5.41, 5.74) is 1.34. The van der Waals surface area contributed by atoms with Crippen LogP contribution in [0.2, 0.25) is 0 Å². The van der Waals surface area contributed by atoms with E-state index in [-0.39, 0.29) is 18.7 Å². The molecule has 19 heavy (non-hydrogen) atoms. The Morgan fingerprint density at radius 1 is 1.42 bits per heavy atom. The molecule has 5 rings (SSSR count). The highest BCUT2D eigenvalue weighted by atomic mass is 19.1. The number of hydrogen-bond acceptors (Lipinski definition) is 1. The minimum absolute atomic E-state index is 0. The predicted molar refractivity (Wildman–Crippen MR) is 72.5 cm³/mol. The summed E-state index contributed by atoms with van der Waals surface area (Å²) in [5.74, 6) is 0.558. The molecule has 4 heteroatoms. The van der Waals surface area contributed by atoms with Gasteiger partial charge in [-0.1, -0.05) is 0 Å². The molecule has 3 aliphatic carbocycles. The third kappa shape index (κ3) is 1.40. The van der Waals surface area contributed by atoms with Crippen molar-refractivity contribution in [3.05, 3.63) is 35.8 Å². The second kappa shape index (κ2) is 3.38. The van der Waals surface area contributed by atoms with Crippen molar-refractivity contribution in [2.45, 2.75) is 24.8 Å². The van der Waals surface area contributed by atoms with Gasteiger partial charge < -0.3 is 9.88 Å². The summed E-state index contributed by atoms with van der Waals surface area (Å²) in [6.07, 6.45) is 3.43. The number of H-pyrrole nitrogens is 1. The molecule has 1 N–H and O–H groups in total. The first kappa shape index (κ1) is 11.0. The summed E-state index contributed by atoms with van der Waals surface area (Å²) >= 11 is 0. The summed E-state index contributed by atoms with van der Waals surface area (Å²) in [5, 5.41) is 0.871. The van der Waals surface area contributed by atoms with Gasteiger partial charge in [-0.15, -0.1) is 0 Å². The summed E-state index contributed by atoms with van der Waals surface area (Å²) < 4.78 is 13.1. The van der Waals surface area contributed by atoms with Gasteiger partial charge in [-0.05, 0) is 49.4 Å². The number of nitrogens with zero attached hydrogens (tertiary/aromatic N) is 1. The Kier molecular flexibility index (Phi) is 1.96. The molecule has 1 aromatic carbocycles. The summed E-state index contributed by atoms with van der Waals surface area (Å²) in [6.45, 7) is 0. The fourth-order valence-corrected chi connectivity index (χ4v) is 3.45. The molecule has 1 aromatic heterocycles. The molecule has 3 fully saturated rings. The molecule has 0 saturated heterocycles. The third-order valence-electron chi connectivity index (χ3n) is 4.84. The van der Waals surface area contributed by atoms with E-state index in [2.05, 4.69) is 4.98 Å². The van der Waals surface area contributed by atoms with E-state index in [1.54, 1.807) is 12.1 Å². The van der Waals surface area contributed by atoms with Crippen molar-refractivity contribution in [3.8, 4) is 0 Å². The molecule has 3 saturated carbocycles. The van der Waals surface area contributed by atoms with Gasteiger partial charge >= 0.3 is 0 Å². The number of nitrogens with one attached hydrogen (secondary N) is 1. The predicted octanol–water partition coefficient (Wildman–Crippen LogP) is 3.18. The number of amides is 1. The Morgan fingerprint density at radius 3 is 2.79 bits per heavy atom. The van der Waals surface area contributed by atoms with Gasteiger partial charge in [0, 0.05) is 24.9 Å². The quantitative estimate of drug-likeness (QED) is 0.884. The third-order valence-corrected chi connectivity index (χ3v) is 4.84. The molecule has 3 nitrogen and oxygen atoms in total. The maximum absolute atomic E-state index is 13.1. The molecule has 0 unspecified atom stereocenters. The van der Waals surface area contributed by atoms with Gasteiger partial charge in [0.05, 0.1) is 0 Å². The van der Waals surface area contributed by atoms with Gasteiger partial charge in [0.25, 0.3) is 5.91 Å². The van der Waals surface area contributed by atoms with Gasteiger partial charge in [-0.25, -0.2) is 4.39 Å². The van der Waals surface area contributed by atoms with Crippen LogP contribution in [-0.4, -0.2) is 28.4 Å². The zero-order valence-electron chi connectivity index (χ0n) is 10.7. The molecular formula is C15H17FN2O. The number of halogens is 1. The molecule has 100 valence electrons. The Labute approximate surface area is 111 Å². The number of carbonyl (C=O) groups excluding carboxylic acids is 1. The van der Waals surface area contributed by atoms with Gasteiger partial charge in [-0.2, -0.15) is 0 Å². The molecule has 2 aromatic rings. The number of benzene rings is 1. The smallest absolute Gasteiger partial charge is 0.270 e. The van der Waals surface area contributed by atoms with Gasteiger partial charge in [0.15, 0.2) is 0 Å². The van der Waals surface area contributed by atoms with Crippen LogP contribution in [0.3, 0.4) is 0 Å². The van der Waals surface area contributed by atoms with Crippen LogP contribution >= 0.6 is 0 Å². The van der Waals surface area contributed by atoms with Crippen LogP contribution in [0.15, 0.2) is 24.3 Å². The van der Waals surface area contributed by atoms with Crippen LogP contribution in [0.25, 0.3) is 10.9 Å². The Hall–Kier alpha value is -1.84. The number of aromatic nitrogens is 1. The van der Waals surface area contributed by atoms with E-state index in [4.69, 9.17) is 0 Å². The first-order chi connectivity index (χ1) is 9.07. The van der Waals surface area contributed by atoms with E-state index in [1.807, 2.05) is 11.9 Å². The van der Waals surface area contributed by atoms with E-state index < -0.39 is 0 Å². The van der Waals surface area contributed by atoms with Crippen molar-refractivity contribution in [3.63, 3.8) is 0 Å². The molecule has 1 amide bonds. The standard InChI is InChI=1S/C15H15FN2O.H2/c1-18(15-6-9(7-15)8-15)14(19)13-4-10-2-3-11(16)5-12(10)17-13;/h2-5,9,17H,6-8H2,1H3;1H. The second-order valence-electron chi connectivity index (χ2n) is 5.98. The Balaban J connectivity index is 0.00000121. The van der Waals surface area contributed by atoms with Crippen LogP contribution in [0.4, 0.5) is 4.39 Å². The highest BCUT2D eigenvalue weighted by Crippen LogP contribution is 2.60. The highest BCUT2D eigenvalue weighted by Gasteiger charge is 2.60.